The van der Waals surface area contributed by atoms with Crippen LogP contribution in [0.1, 0.15) is 44.3 Å². The summed E-state index contributed by atoms with van der Waals surface area (Å²) in [4.78, 5) is 33.0. The van der Waals surface area contributed by atoms with E-state index in [-0.39, 0.29) is 23.9 Å². The first-order chi connectivity index (χ1) is 10.2. The molecule has 0 bridgehead atoms. The summed E-state index contributed by atoms with van der Waals surface area (Å²) in [6, 6.07) is 5.38. The maximum Gasteiger partial charge on any atom is 0.245 e. The van der Waals surface area contributed by atoms with Gasteiger partial charge in [-0.25, -0.2) is 0 Å². The molecule has 2 aliphatic rings. The monoisotopic (exact) mass is 287 g/mol. The van der Waals surface area contributed by atoms with Gasteiger partial charge in [0.05, 0.1) is 11.7 Å². The standard InChI is InChI=1S/C16H21N3O2/c1-12(13-6-2-4-9-17-13)18-11-8-15(20)19-10-5-3-7-14(19)16(18)21/h2,4,6,9,12,14H,3,5,7-8,10-11H2,1H3. The maximum atomic E-state index is 12.8. The van der Waals surface area contributed by atoms with Crippen LogP contribution in [0.2, 0.25) is 0 Å². The lowest BCUT2D eigenvalue weighted by Gasteiger charge is -2.35. The molecule has 3 heterocycles. The lowest BCUT2D eigenvalue weighted by Crippen LogP contribution is -2.50. The fourth-order valence-electron chi connectivity index (χ4n) is 3.32. The number of rotatable bonds is 2. The molecule has 3 rings (SSSR count). The van der Waals surface area contributed by atoms with Crippen LogP contribution in [0.5, 0.6) is 0 Å². The third kappa shape index (κ3) is 2.64. The number of aromatic nitrogens is 1. The van der Waals surface area contributed by atoms with Crippen LogP contribution in [0, 0.1) is 0 Å². The molecule has 1 aromatic rings. The van der Waals surface area contributed by atoms with Crippen LogP contribution in [0.15, 0.2) is 24.4 Å². The average Bonchev–Trinajstić information content (AvgIpc) is 2.66. The molecule has 5 nitrogen and oxygen atoms in total. The number of hydrogen-bond acceptors (Lipinski definition) is 3. The molecule has 112 valence electrons. The Morgan fingerprint density at radius 1 is 1.24 bits per heavy atom. The Morgan fingerprint density at radius 3 is 2.86 bits per heavy atom. The molecule has 2 fully saturated rings. The minimum atomic E-state index is -0.264. The summed E-state index contributed by atoms with van der Waals surface area (Å²) in [7, 11) is 0. The normalized spacial score (nSPS) is 24.5. The van der Waals surface area contributed by atoms with E-state index in [2.05, 4.69) is 4.98 Å². The van der Waals surface area contributed by atoms with E-state index in [0.717, 1.165) is 31.5 Å². The molecular formula is C16H21N3O2. The summed E-state index contributed by atoms with van der Waals surface area (Å²) in [6.45, 7) is 3.20. The molecule has 0 radical (unpaired) electrons. The molecule has 2 saturated heterocycles. The fourth-order valence-corrected chi connectivity index (χ4v) is 3.32. The Hall–Kier alpha value is -1.91. The Labute approximate surface area is 124 Å². The van der Waals surface area contributed by atoms with Crippen LogP contribution in [-0.4, -0.2) is 45.7 Å². The first-order valence-corrected chi connectivity index (χ1v) is 7.69. The van der Waals surface area contributed by atoms with Crippen molar-refractivity contribution in [2.24, 2.45) is 0 Å². The zero-order valence-electron chi connectivity index (χ0n) is 12.4. The summed E-state index contributed by atoms with van der Waals surface area (Å²) in [5.74, 6) is 0.197. The molecule has 0 spiro atoms. The third-order valence-corrected chi connectivity index (χ3v) is 4.54. The van der Waals surface area contributed by atoms with Crippen LogP contribution < -0.4 is 0 Å². The molecule has 2 unspecified atom stereocenters. The van der Waals surface area contributed by atoms with Gasteiger partial charge in [-0.1, -0.05) is 6.07 Å². The number of fused-ring (bicyclic) bond motifs is 1. The van der Waals surface area contributed by atoms with E-state index in [0.29, 0.717) is 13.0 Å². The molecule has 2 aliphatic heterocycles. The Balaban J connectivity index is 1.85. The van der Waals surface area contributed by atoms with Crippen LogP contribution in [0.3, 0.4) is 0 Å². The van der Waals surface area contributed by atoms with E-state index in [9.17, 15) is 9.59 Å². The molecule has 1 aromatic heterocycles. The summed E-state index contributed by atoms with van der Waals surface area (Å²) < 4.78 is 0. The maximum absolute atomic E-state index is 12.8. The highest BCUT2D eigenvalue weighted by Gasteiger charge is 2.39. The third-order valence-electron chi connectivity index (χ3n) is 4.54. The molecule has 0 aliphatic carbocycles. The predicted octanol–water partition coefficient (Wildman–Crippen LogP) is 1.76. The number of nitrogens with zero attached hydrogens (tertiary/aromatic N) is 3. The second kappa shape index (κ2) is 5.84. The topological polar surface area (TPSA) is 53.5 Å². The van der Waals surface area contributed by atoms with Crippen LogP contribution in [0.4, 0.5) is 0 Å². The SMILES string of the molecule is CC(c1ccccn1)N1CCC(=O)N2CCCCC2C1=O. The highest BCUT2D eigenvalue weighted by molar-refractivity contribution is 5.90. The summed E-state index contributed by atoms with van der Waals surface area (Å²) in [5, 5.41) is 0. The van der Waals surface area contributed by atoms with E-state index >= 15 is 0 Å². The van der Waals surface area contributed by atoms with Gasteiger partial charge in [0.25, 0.3) is 0 Å². The molecule has 0 N–H and O–H groups in total. The van der Waals surface area contributed by atoms with Crippen molar-refractivity contribution in [3.63, 3.8) is 0 Å². The molecule has 0 aromatic carbocycles. The largest absolute Gasteiger partial charge is 0.332 e. The van der Waals surface area contributed by atoms with Crippen molar-refractivity contribution in [1.82, 2.24) is 14.8 Å². The van der Waals surface area contributed by atoms with Gasteiger partial charge in [0.1, 0.15) is 6.04 Å². The number of pyridine rings is 1. The van der Waals surface area contributed by atoms with Crippen molar-refractivity contribution in [1.29, 1.82) is 0 Å². The molecule has 2 atom stereocenters. The van der Waals surface area contributed by atoms with Crippen molar-refractivity contribution in [3.05, 3.63) is 30.1 Å². The van der Waals surface area contributed by atoms with Gasteiger partial charge in [-0.15, -0.1) is 0 Å². The molecule has 0 saturated carbocycles. The minimum absolute atomic E-state index is 0.0821. The highest BCUT2D eigenvalue weighted by Crippen LogP contribution is 2.27. The van der Waals surface area contributed by atoms with Crippen LogP contribution in [-0.2, 0) is 9.59 Å². The first-order valence-electron chi connectivity index (χ1n) is 7.69. The van der Waals surface area contributed by atoms with E-state index < -0.39 is 0 Å². The van der Waals surface area contributed by atoms with Gasteiger partial charge in [0.15, 0.2) is 0 Å². The van der Waals surface area contributed by atoms with Gasteiger partial charge in [-0.05, 0) is 38.3 Å². The Bertz CT molecular complexity index is 532. The van der Waals surface area contributed by atoms with Crippen molar-refractivity contribution in [2.75, 3.05) is 13.1 Å². The lowest BCUT2D eigenvalue weighted by atomic mass is 10.0. The van der Waals surface area contributed by atoms with E-state index in [1.54, 1.807) is 11.1 Å². The molecular weight excluding hydrogens is 266 g/mol. The second-order valence-electron chi connectivity index (χ2n) is 5.81. The first kappa shape index (κ1) is 14.0. The summed E-state index contributed by atoms with van der Waals surface area (Å²) >= 11 is 0. The Kier molecular flexibility index (Phi) is 3.90. The smallest absolute Gasteiger partial charge is 0.245 e. The van der Waals surface area contributed by atoms with Gasteiger partial charge in [-0.2, -0.15) is 0 Å². The molecule has 21 heavy (non-hydrogen) atoms. The van der Waals surface area contributed by atoms with Gasteiger partial charge >= 0.3 is 0 Å². The fraction of sp³-hybridized carbons (Fsp3) is 0.562. The van der Waals surface area contributed by atoms with Gasteiger partial charge < -0.3 is 9.80 Å². The quantitative estimate of drug-likeness (QED) is 0.833. The van der Waals surface area contributed by atoms with E-state index in [1.807, 2.05) is 30.0 Å². The van der Waals surface area contributed by atoms with E-state index in [4.69, 9.17) is 0 Å². The zero-order chi connectivity index (χ0) is 14.8. The molecule has 5 heteroatoms. The number of piperidine rings is 1. The predicted molar refractivity (Wildman–Crippen MR) is 78.3 cm³/mol. The number of amides is 2. The average molecular weight is 287 g/mol. The summed E-state index contributed by atoms with van der Waals surface area (Å²) in [5.41, 5.74) is 0.877. The zero-order valence-corrected chi connectivity index (χ0v) is 12.4. The van der Waals surface area contributed by atoms with Crippen LogP contribution >= 0.6 is 0 Å². The van der Waals surface area contributed by atoms with Gasteiger partial charge in [0.2, 0.25) is 11.8 Å². The minimum Gasteiger partial charge on any atom is -0.332 e. The second-order valence-corrected chi connectivity index (χ2v) is 5.81. The molecule has 2 amide bonds. The summed E-state index contributed by atoms with van der Waals surface area (Å²) in [6.07, 6.45) is 4.97. The van der Waals surface area contributed by atoms with Crippen LogP contribution in [0.25, 0.3) is 0 Å². The lowest BCUT2D eigenvalue weighted by molar-refractivity contribution is -0.144. The van der Waals surface area contributed by atoms with E-state index in [1.165, 1.54) is 0 Å². The number of carbonyl (C=O) groups excluding carboxylic acids is 2. The Morgan fingerprint density at radius 2 is 2.10 bits per heavy atom. The van der Waals surface area contributed by atoms with Crippen molar-refractivity contribution < 1.29 is 9.59 Å². The number of carbonyl (C=O) groups is 2. The number of hydrogen-bond donors (Lipinski definition) is 0. The van der Waals surface area contributed by atoms with Crippen molar-refractivity contribution in [2.45, 2.75) is 44.7 Å². The highest BCUT2D eigenvalue weighted by atomic mass is 16.2. The van der Waals surface area contributed by atoms with Gasteiger partial charge in [0, 0.05) is 25.7 Å². The van der Waals surface area contributed by atoms with Crippen molar-refractivity contribution >= 4 is 11.8 Å². The van der Waals surface area contributed by atoms with Gasteiger partial charge in [-0.3, -0.25) is 14.6 Å². The van der Waals surface area contributed by atoms with Crippen molar-refractivity contribution in [3.8, 4) is 0 Å².